The fraction of sp³-hybridized carbons (Fsp3) is 0.846. The van der Waals surface area contributed by atoms with Crippen LogP contribution in [0.5, 0.6) is 0 Å². The Morgan fingerprint density at radius 2 is 0.413 bits per heavy atom. The van der Waals surface area contributed by atoms with Gasteiger partial charge in [-0.05, 0) is 0 Å². The molecule has 0 aromatic heterocycles. The molecule has 0 N–H and O–H groups in total. The fourth-order valence-electron chi connectivity index (χ4n) is 4.55. The fourth-order valence-corrected chi connectivity index (χ4v) is 6.89. The maximum absolute atomic E-state index is 14.2. The number of hydrogen-bond acceptors (Lipinski definition) is 12. The quantitative estimate of drug-likeness (QED) is 0.0530. The molecule has 0 fully saturated rings. The molecule has 0 spiro atoms. The molecule has 66 heteroatoms. The molecule has 0 aliphatic heterocycles. The molecule has 0 aliphatic carbocycles. The molecule has 0 saturated carbocycles. The zero-order valence-electron chi connectivity index (χ0n) is 39.8. The van der Waals surface area contributed by atoms with Crippen LogP contribution in [-0.4, -0.2) is 179 Å². The van der Waals surface area contributed by atoms with Gasteiger partial charge in [-0.25, -0.2) is 45.1 Å². The second-order valence-electron chi connectivity index (χ2n) is 15.2. The molecule has 14 nitrogen and oxygen atoms in total. The van der Waals surface area contributed by atoms with Gasteiger partial charge in [0.25, 0.3) is 0 Å². The van der Waals surface area contributed by atoms with E-state index in [4.69, 9.17) is 0 Å². The number of rotatable bonds is 26. The zero-order valence-corrected chi connectivity index (χ0v) is 45.4. The smallest absolute Gasteiger partial charge is 0.545 e. The Labute approximate surface area is 507 Å². The van der Waals surface area contributed by atoms with Gasteiger partial charge in [-0.3, -0.25) is 0 Å². The molecular weight excluding hydrogens is 1550 g/mol. The summed E-state index contributed by atoms with van der Waals surface area (Å²) in [6.07, 6.45) is -16.5. The van der Waals surface area contributed by atoms with Crippen molar-refractivity contribution in [3.63, 3.8) is 0 Å². The summed E-state index contributed by atoms with van der Waals surface area (Å²) in [5.74, 6) is -181. The summed E-state index contributed by atoms with van der Waals surface area (Å²) in [5.41, 5.74) is 0. The number of alkyl halides is 44. The van der Waals surface area contributed by atoms with Crippen LogP contribution in [0.2, 0.25) is 0 Å². The Morgan fingerprint density at radius 1 is 0.272 bits per heavy atom. The van der Waals surface area contributed by atoms with E-state index in [2.05, 4.69) is 0 Å². The van der Waals surface area contributed by atoms with Crippen LogP contribution in [0.4, 0.5) is 211 Å². The van der Waals surface area contributed by atoms with Crippen molar-refractivity contribution in [1.29, 1.82) is 0 Å². The molecule has 0 amide bonds. The number of carboxylic acids is 2. The van der Waals surface area contributed by atoms with E-state index in [9.17, 15) is 257 Å². The normalized spacial score (nSPS) is 16.9. The minimum Gasteiger partial charge on any atom is -0.545 e. The van der Waals surface area contributed by atoms with E-state index in [1.807, 2.05) is 0 Å². The van der Waals surface area contributed by atoms with E-state index >= 15 is 0 Å². The van der Waals surface area contributed by atoms with Crippen molar-refractivity contribution in [2.24, 2.45) is 0 Å². The van der Waals surface area contributed by atoms with Crippen molar-refractivity contribution >= 4 is 43.9 Å². The Morgan fingerprint density at radius 3 is 0.543 bits per heavy atom. The van der Waals surface area contributed by atoms with Crippen LogP contribution in [0.15, 0.2) is 0 Å². The largest absolute Gasteiger partial charge is 1.00 e. The predicted molar refractivity (Wildman–Crippen MR) is 157 cm³/mol. The average Bonchev–Trinajstić information content (AvgIpc) is 3.34. The summed E-state index contributed by atoms with van der Waals surface area (Å²) in [6, 6.07) is 0. The average molecular weight is 1550 g/mol. The van der Waals surface area contributed by atoms with Crippen molar-refractivity contribution in [3.8, 4) is 0 Å². The van der Waals surface area contributed by atoms with Gasteiger partial charge in [0.15, 0.2) is 0 Å². The summed E-state index contributed by atoms with van der Waals surface area (Å²) in [5, 5.41) is 2.47. The maximum atomic E-state index is 14.2. The van der Waals surface area contributed by atoms with Gasteiger partial charge >= 0.3 is 220 Å². The minimum atomic E-state index is -10.00. The standard InChI is InChI=1S/2C13HF24NO6S.2Na/c2*14-3(15,2(41)44-37)5(17,18)4(16,1(39)40)38(36)45(42,43)13(34,35)11(29,30)9(25,26)7(21,22)6(19,20)8(23,24)10(27,28)12(31,32)33;;/h2*(H,39,40);;/q;;2*+1/p-2/t2*4-;;/m11../s1. The van der Waals surface area contributed by atoms with Gasteiger partial charge in [0, 0.05) is 18.1 Å². The second kappa shape index (κ2) is 25.3. The van der Waals surface area contributed by atoms with E-state index in [1.165, 1.54) is 9.88 Å². The van der Waals surface area contributed by atoms with Crippen molar-refractivity contribution in [1.82, 2.24) is 9.05 Å². The van der Waals surface area contributed by atoms with E-state index in [1.54, 1.807) is 0 Å². The van der Waals surface area contributed by atoms with E-state index < -0.39 is 182 Å². The molecule has 536 valence electrons. The molecule has 92 heavy (non-hydrogen) atoms. The Kier molecular flexibility index (Phi) is 26.1. The van der Waals surface area contributed by atoms with Gasteiger partial charge in [-0.15, -0.1) is 8.96 Å². The van der Waals surface area contributed by atoms with E-state index in [-0.39, 0.29) is 59.1 Å². The predicted octanol–water partition coefficient (Wildman–Crippen LogP) is 3.18. The molecule has 0 aromatic rings. The summed E-state index contributed by atoms with van der Waals surface area (Å²) >= 11 is 0. The summed E-state index contributed by atoms with van der Waals surface area (Å²) in [4.78, 5) is 44.3. The van der Waals surface area contributed by atoms with Crippen LogP contribution in [0.3, 0.4) is 0 Å². The van der Waals surface area contributed by atoms with Crippen LogP contribution in [0.1, 0.15) is 0 Å². The Bertz CT molecular complexity index is 2760. The van der Waals surface area contributed by atoms with Gasteiger partial charge in [-0.1, -0.05) is 0 Å². The molecular formula is C26F48N2Na2O12S2. The topological polar surface area (TPSA) is 208 Å². The number of hydrogen-bond donors (Lipinski definition) is 0. The number of aliphatic carboxylic acids is 2. The van der Waals surface area contributed by atoms with Gasteiger partial charge in [0.05, 0.1) is 0 Å². The molecule has 0 aromatic carbocycles. The van der Waals surface area contributed by atoms with Crippen molar-refractivity contribution in [2.75, 3.05) is 0 Å². The molecule has 0 aliphatic rings. The molecule has 0 saturated heterocycles. The maximum Gasteiger partial charge on any atom is 1.00 e. The van der Waals surface area contributed by atoms with Crippen LogP contribution in [0.25, 0.3) is 0 Å². The third-order valence-electron chi connectivity index (χ3n) is 9.76. The summed E-state index contributed by atoms with van der Waals surface area (Å²) < 4.78 is 672. The first kappa shape index (κ1) is 94.7. The first-order valence-corrected chi connectivity index (χ1v) is 20.9. The molecule has 0 radical (unpaired) electrons. The molecule has 0 unspecified atom stereocenters. The van der Waals surface area contributed by atoms with Gasteiger partial charge in [0.1, 0.15) is 11.9 Å². The first-order chi connectivity index (χ1) is 38.2. The van der Waals surface area contributed by atoms with Crippen LogP contribution < -0.4 is 69.3 Å². The zero-order chi connectivity index (χ0) is 74.9. The molecule has 2 atom stereocenters. The third-order valence-corrected chi connectivity index (χ3v) is 12.9. The number of nitrogens with zero attached hydrogens (tertiary/aromatic N) is 2. The SMILES string of the molecule is O=C(OF)C(F)(F)C(F)(F)[C@@](F)(C(=O)[O-])N(F)S(=O)(=O)C(F)(F)C(F)(F)C(F)(F)C(F)(F)C(F)(F)C(F)(F)C(F)(F)C(F)(F)F.O=C(OF)C(F)(F)C(F)(F)[C@@](F)(C(=O)[O-])N(F)S(=O)(=O)C(F)(F)C(F)(F)C(F)(F)C(F)(F)C(F)(F)C(F)(F)C(F)(F)C(F)(F)F.[Na+].[Na+]. The Balaban J connectivity index is -0.000000824. The van der Waals surface area contributed by atoms with Crippen LogP contribution in [-0.2, 0) is 49.1 Å². The van der Waals surface area contributed by atoms with Crippen molar-refractivity contribution in [3.05, 3.63) is 0 Å². The monoisotopic (exact) mass is 1550 g/mol. The van der Waals surface area contributed by atoms with Crippen molar-refractivity contribution in [2.45, 2.75) is 129 Å². The van der Waals surface area contributed by atoms with E-state index in [0.29, 0.717) is 0 Å². The molecule has 0 bridgehead atoms. The van der Waals surface area contributed by atoms with Crippen LogP contribution in [0, 0.1) is 0 Å². The number of sulfonamides is 2. The number of carbonyl (C=O) groups is 4. The number of carboxylic acid groups (broad SMARTS) is 2. The van der Waals surface area contributed by atoms with Gasteiger partial charge < -0.3 is 19.8 Å². The third kappa shape index (κ3) is 12.1. The summed E-state index contributed by atoms with van der Waals surface area (Å²) in [6.45, 7) is 0. The van der Waals surface area contributed by atoms with E-state index in [0.717, 1.165) is 0 Å². The number of carbonyl (C=O) groups excluding carboxylic acids is 4. The number of halogens is 48. The molecule has 0 rings (SSSR count). The first-order valence-electron chi connectivity index (χ1n) is 18.0. The summed E-state index contributed by atoms with van der Waals surface area (Å²) in [7, 11) is -20.0. The van der Waals surface area contributed by atoms with Crippen LogP contribution >= 0.6 is 0 Å². The molecule has 0 heterocycles. The van der Waals surface area contributed by atoms with Gasteiger partial charge in [-0.2, -0.15) is 184 Å². The second-order valence-corrected chi connectivity index (χ2v) is 18.8. The van der Waals surface area contributed by atoms with Crippen molar-refractivity contribution < 1.29 is 326 Å². The van der Waals surface area contributed by atoms with Gasteiger partial charge in [0.2, 0.25) is 0 Å². The Hall–Kier alpha value is -3.66. The minimum absolute atomic E-state index is 0.